The number of carbonyl (C=O) groups is 1. The van der Waals surface area contributed by atoms with E-state index in [0.717, 1.165) is 29.6 Å². The summed E-state index contributed by atoms with van der Waals surface area (Å²) >= 11 is 0. The van der Waals surface area contributed by atoms with Crippen LogP contribution >= 0.6 is 0 Å². The number of rotatable bonds is 5. The summed E-state index contributed by atoms with van der Waals surface area (Å²) in [6, 6.07) is 7.61. The predicted octanol–water partition coefficient (Wildman–Crippen LogP) is 1.78. The highest BCUT2D eigenvalue weighted by molar-refractivity contribution is 5.94. The average molecular weight is 272 g/mol. The van der Waals surface area contributed by atoms with E-state index in [1.165, 1.54) is 0 Å². The predicted molar refractivity (Wildman–Crippen MR) is 82.7 cm³/mol. The molecule has 1 heterocycles. The van der Waals surface area contributed by atoms with Crippen molar-refractivity contribution in [3.05, 3.63) is 30.5 Å². The van der Waals surface area contributed by atoms with Crippen molar-refractivity contribution in [1.29, 1.82) is 0 Å². The molecule has 20 heavy (non-hydrogen) atoms. The fraction of sp³-hybridized carbons (Fsp3) is 0.333. The van der Waals surface area contributed by atoms with Gasteiger partial charge in [-0.2, -0.15) is 0 Å². The number of nitrogens with zero attached hydrogens (tertiary/aromatic N) is 2. The lowest BCUT2D eigenvalue weighted by Gasteiger charge is -2.24. The third-order valence-electron chi connectivity index (χ3n) is 3.19. The maximum atomic E-state index is 11.7. The summed E-state index contributed by atoms with van der Waals surface area (Å²) in [5.74, 6) is -0.00106. The zero-order valence-electron chi connectivity index (χ0n) is 11.9. The Morgan fingerprint density at radius 2 is 2.20 bits per heavy atom. The molecule has 0 saturated carbocycles. The number of likely N-dealkylation sites (N-methyl/N-ethyl adjacent to an activating group) is 1. The number of aromatic nitrogens is 1. The normalized spacial score (nSPS) is 10.5. The summed E-state index contributed by atoms with van der Waals surface area (Å²) in [4.78, 5) is 18.1. The topological polar surface area (TPSA) is 71.2 Å². The van der Waals surface area contributed by atoms with E-state index in [-0.39, 0.29) is 5.91 Å². The highest BCUT2D eigenvalue weighted by Crippen LogP contribution is 2.26. The lowest BCUT2D eigenvalue weighted by molar-refractivity contribution is -0.119. The van der Waals surface area contributed by atoms with E-state index < -0.39 is 0 Å². The number of nitrogens with two attached hydrogens (primary N) is 1. The summed E-state index contributed by atoms with van der Waals surface area (Å²) in [5, 5.41) is 3.68. The zero-order chi connectivity index (χ0) is 14.5. The molecular weight excluding hydrogens is 252 g/mol. The van der Waals surface area contributed by atoms with Crippen molar-refractivity contribution in [2.45, 2.75) is 13.3 Å². The van der Waals surface area contributed by atoms with Crippen LogP contribution in [0, 0.1) is 0 Å². The Kier molecular flexibility index (Phi) is 4.40. The third kappa shape index (κ3) is 2.99. The molecule has 0 aliphatic carbocycles. The number of benzene rings is 1. The van der Waals surface area contributed by atoms with Crippen LogP contribution in [0.3, 0.4) is 0 Å². The van der Waals surface area contributed by atoms with Crippen molar-refractivity contribution in [3.8, 4) is 0 Å². The van der Waals surface area contributed by atoms with E-state index in [9.17, 15) is 4.79 Å². The SMILES string of the molecule is CCCN(CC(=O)NC)c1ccnc2cc(N)ccc12. The second-order valence-electron chi connectivity index (χ2n) is 4.70. The summed E-state index contributed by atoms with van der Waals surface area (Å²) < 4.78 is 0. The number of hydrogen-bond donors (Lipinski definition) is 2. The number of hydrogen-bond acceptors (Lipinski definition) is 4. The van der Waals surface area contributed by atoms with Crippen LogP contribution in [0.4, 0.5) is 11.4 Å². The molecule has 0 atom stereocenters. The highest BCUT2D eigenvalue weighted by Gasteiger charge is 2.13. The van der Waals surface area contributed by atoms with Crippen LogP contribution in [-0.4, -0.2) is 31.0 Å². The second kappa shape index (κ2) is 6.23. The van der Waals surface area contributed by atoms with Gasteiger partial charge in [0.2, 0.25) is 5.91 Å². The molecule has 0 aliphatic heterocycles. The van der Waals surface area contributed by atoms with Crippen LogP contribution in [0.25, 0.3) is 10.9 Å². The van der Waals surface area contributed by atoms with Gasteiger partial charge in [0, 0.05) is 36.6 Å². The van der Waals surface area contributed by atoms with Gasteiger partial charge in [-0.1, -0.05) is 6.92 Å². The number of carbonyl (C=O) groups excluding carboxylic acids is 1. The third-order valence-corrected chi connectivity index (χ3v) is 3.19. The van der Waals surface area contributed by atoms with Crippen LogP contribution in [0.1, 0.15) is 13.3 Å². The first-order chi connectivity index (χ1) is 9.65. The van der Waals surface area contributed by atoms with Crippen molar-refractivity contribution in [2.24, 2.45) is 0 Å². The smallest absolute Gasteiger partial charge is 0.239 e. The van der Waals surface area contributed by atoms with Crippen LogP contribution in [-0.2, 0) is 4.79 Å². The number of anilines is 2. The van der Waals surface area contributed by atoms with Gasteiger partial charge in [-0.15, -0.1) is 0 Å². The standard InChI is InChI=1S/C15H20N4O/c1-3-8-19(10-15(20)17-2)14-6-7-18-13-9-11(16)4-5-12(13)14/h4-7,9H,3,8,10,16H2,1-2H3,(H,17,20). The Bertz CT molecular complexity index is 612. The first-order valence-electron chi connectivity index (χ1n) is 6.75. The Labute approximate surface area is 118 Å². The van der Waals surface area contributed by atoms with Gasteiger partial charge in [0.15, 0.2) is 0 Å². The monoisotopic (exact) mass is 272 g/mol. The number of nitrogen functional groups attached to an aromatic ring is 1. The van der Waals surface area contributed by atoms with E-state index in [2.05, 4.69) is 22.1 Å². The lowest BCUT2D eigenvalue weighted by atomic mass is 10.1. The van der Waals surface area contributed by atoms with Gasteiger partial charge >= 0.3 is 0 Å². The Balaban J connectivity index is 2.44. The number of fused-ring (bicyclic) bond motifs is 1. The minimum atomic E-state index is -0.00106. The van der Waals surface area contributed by atoms with Crippen molar-refractivity contribution in [1.82, 2.24) is 10.3 Å². The molecular formula is C15H20N4O. The molecule has 2 aromatic rings. The molecule has 5 heteroatoms. The van der Waals surface area contributed by atoms with E-state index in [1.54, 1.807) is 13.2 Å². The van der Waals surface area contributed by atoms with E-state index >= 15 is 0 Å². The molecule has 0 fully saturated rings. The maximum absolute atomic E-state index is 11.7. The summed E-state index contributed by atoms with van der Waals surface area (Å²) in [7, 11) is 1.65. The van der Waals surface area contributed by atoms with Crippen molar-refractivity contribution >= 4 is 28.2 Å². The number of nitrogens with one attached hydrogen (secondary N) is 1. The second-order valence-corrected chi connectivity index (χ2v) is 4.70. The minimum absolute atomic E-state index is 0.00106. The molecule has 0 aliphatic rings. The molecule has 0 radical (unpaired) electrons. The molecule has 5 nitrogen and oxygen atoms in total. The average Bonchev–Trinajstić information content (AvgIpc) is 2.45. The van der Waals surface area contributed by atoms with Gasteiger partial charge in [0.05, 0.1) is 12.1 Å². The van der Waals surface area contributed by atoms with E-state index in [0.29, 0.717) is 12.2 Å². The first-order valence-corrected chi connectivity index (χ1v) is 6.75. The van der Waals surface area contributed by atoms with Crippen molar-refractivity contribution < 1.29 is 4.79 Å². The largest absolute Gasteiger partial charge is 0.399 e. The number of pyridine rings is 1. The van der Waals surface area contributed by atoms with E-state index in [4.69, 9.17) is 5.73 Å². The fourth-order valence-corrected chi connectivity index (χ4v) is 2.23. The molecule has 0 bridgehead atoms. The lowest BCUT2D eigenvalue weighted by Crippen LogP contribution is -2.36. The molecule has 1 aromatic heterocycles. The summed E-state index contributed by atoms with van der Waals surface area (Å²) in [5.41, 5.74) is 8.35. The molecule has 106 valence electrons. The molecule has 3 N–H and O–H groups in total. The van der Waals surface area contributed by atoms with Gasteiger partial charge in [0.25, 0.3) is 0 Å². The van der Waals surface area contributed by atoms with Gasteiger partial charge < -0.3 is 16.0 Å². The van der Waals surface area contributed by atoms with Crippen LogP contribution in [0.5, 0.6) is 0 Å². The first kappa shape index (κ1) is 14.1. The van der Waals surface area contributed by atoms with Gasteiger partial charge in [-0.3, -0.25) is 9.78 Å². The molecule has 2 rings (SSSR count). The van der Waals surface area contributed by atoms with Crippen LogP contribution in [0.15, 0.2) is 30.5 Å². The number of amides is 1. The van der Waals surface area contributed by atoms with Crippen molar-refractivity contribution in [2.75, 3.05) is 30.8 Å². The maximum Gasteiger partial charge on any atom is 0.239 e. The molecule has 0 spiro atoms. The van der Waals surface area contributed by atoms with Crippen molar-refractivity contribution in [3.63, 3.8) is 0 Å². The van der Waals surface area contributed by atoms with Gasteiger partial charge in [-0.25, -0.2) is 0 Å². The zero-order valence-corrected chi connectivity index (χ0v) is 11.9. The molecule has 0 saturated heterocycles. The van der Waals surface area contributed by atoms with Crippen LogP contribution < -0.4 is 16.0 Å². The minimum Gasteiger partial charge on any atom is -0.399 e. The molecule has 1 amide bonds. The quantitative estimate of drug-likeness (QED) is 0.814. The van der Waals surface area contributed by atoms with E-state index in [1.807, 2.05) is 24.3 Å². The van der Waals surface area contributed by atoms with Gasteiger partial charge in [0.1, 0.15) is 0 Å². The molecule has 0 unspecified atom stereocenters. The summed E-state index contributed by atoms with van der Waals surface area (Å²) in [6.45, 7) is 3.25. The highest BCUT2D eigenvalue weighted by atomic mass is 16.1. The Morgan fingerprint density at radius 1 is 1.40 bits per heavy atom. The molecule has 1 aromatic carbocycles. The van der Waals surface area contributed by atoms with Crippen LogP contribution in [0.2, 0.25) is 0 Å². The Morgan fingerprint density at radius 3 is 2.90 bits per heavy atom. The van der Waals surface area contributed by atoms with Gasteiger partial charge in [-0.05, 0) is 30.7 Å². The fourth-order valence-electron chi connectivity index (χ4n) is 2.23. The Hall–Kier alpha value is -2.30. The summed E-state index contributed by atoms with van der Waals surface area (Å²) in [6.07, 6.45) is 2.72.